The van der Waals surface area contributed by atoms with E-state index in [4.69, 9.17) is 0 Å². The van der Waals surface area contributed by atoms with Crippen LogP contribution in [0.1, 0.15) is 119 Å². The number of carbonyl (C=O) groups is 1. The van der Waals surface area contributed by atoms with E-state index >= 15 is 0 Å². The molecule has 0 aromatic carbocycles. The molecule has 5 heteroatoms. The van der Waals surface area contributed by atoms with E-state index in [1.165, 1.54) is 108 Å². The topological polar surface area (TPSA) is 29.1 Å². The van der Waals surface area contributed by atoms with Crippen molar-refractivity contribution in [3.05, 3.63) is 19.2 Å². The highest BCUT2D eigenvalue weighted by Crippen LogP contribution is 2.32. The van der Waals surface area contributed by atoms with E-state index in [1.807, 2.05) is 6.07 Å². The number of thiophene rings is 1. The van der Waals surface area contributed by atoms with Crippen molar-refractivity contribution in [3.63, 3.8) is 0 Å². The Labute approximate surface area is 193 Å². The number of halogens is 2. The molecule has 1 aromatic rings. The first-order chi connectivity index (χ1) is 13.6. The van der Waals surface area contributed by atoms with Crippen LogP contribution in [-0.4, -0.2) is 12.5 Å². The van der Waals surface area contributed by atoms with Crippen molar-refractivity contribution < 1.29 is 4.79 Å². The molecule has 162 valence electrons. The lowest BCUT2D eigenvalue weighted by Gasteiger charge is -2.05. The second-order valence-corrected chi connectivity index (χ2v) is 11.0. The van der Waals surface area contributed by atoms with Gasteiger partial charge in [-0.3, -0.25) is 4.79 Å². The van der Waals surface area contributed by atoms with Gasteiger partial charge >= 0.3 is 0 Å². The molecule has 0 aliphatic rings. The van der Waals surface area contributed by atoms with E-state index in [1.54, 1.807) is 0 Å². The van der Waals surface area contributed by atoms with Crippen LogP contribution in [0, 0.1) is 0 Å². The van der Waals surface area contributed by atoms with Gasteiger partial charge in [-0.15, -0.1) is 11.3 Å². The number of amides is 1. The number of nitrogens with one attached hydrogen (secondary N) is 1. The average molecular weight is 537 g/mol. The van der Waals surface area contributed by atoms with Crippen molar-refractivity contribution in [1.29, 1.82) is 0 Å². The number of carbonyl (C=O) groups excluding carboxylic acids is 1. The first-order valence-corrected chi connectivity index (χ1v) is 13.8. The molecule has 0 saturated heterocycles. The zero-order chi connectivity index (χ0) is 20.5. The minimum atomic E-state index is 0.0392. The second kappa shape index (κ2) is 17.9. The Morgan fingerprint density at radius 2 is 1.21 bits per heavy atom. The summed E-state index contributed by atoms with van der Waals surface area (Å²) in [6.07, 6.45) is 22.0. The molecule has 0 unspecified atom stereocenters. The van der Waals surface area contributed by atoms with Crippen LogP contribution in [0.25, 0.3) is 0 Å². The number of hydrogen-bond donors (Lipinski definition) is 1. The van der Waals surface area contributed by atoms with Gasteiger partial charge in [0, 0.05) is 11.0 Å². The second-order valence-electron chi connectivity index (χ2n) is 7.79. The lowest BCUT2D eigenvalue weighted by molar-refractivity contribution is 0.0957. The zero-order valence-electron chi connectivity index (χ0n) is 17.7. The monoisotopic (exact) mass is 535 g/mol. The van der Waals surface area contributed by atoms with E-state index < -0.39 is 0 Å². The molecular weight excluding hydrogens is 498 g/mol. The molecule has 1 rings (SSSR count). The molecule has 1 amide bonds. The molecule has 0 saturated carbocycles. The quantitative estimate of drug-likeness (QED) is 0.186. The van der Waals surface area contributed by atoms with Gasteiger partial charge in [0.25, 0.3) is 5.91 Å². The maximum absolute atomic E-state index is 12.0. The minimum Gasteiger partial charge on any atom is -0.351 e. The molecule has 0 bridgehead atoms. The van der Waals surface area contributed by atoms with Gasteiger partial charge in [-0.2, -0.15) is 0 Å². The van der Waals surface area contributed by atoms with Gasteiger partial charge in [0.2, 0.25) is 0 Å². The van der Waals surface area contributed by atoms with Gasteiger partial charge in [0.15, 0.2) is 0 Å². The highest BCUT2D eigenvalue weighted by molar-refractivity contribution is 9.13. The largest absolute Gasteiger partial charge is 0.351 e. The maximum atomic E-state index is 12.0. The van der Waals surface area contributed by atoms with Crippen molar-refractivity contribution in [2.24, 2.45) is 0 Å². The summed E-state index contributed by atoms with van der Waals surface area (Å²) < 4.78 is 1.92. The normalized spacial score (nSPS) is 11.1. The van der Waals surface area contributed by atoms with Crippen LogP contribution in [0.4, 0.5) is 0 Å². The molecule has 0 radical (unpaired) electrons. The first kappa shape index (κ1) is 26.2. The predicted octanol–water partition coefficient (Wildman–Crippen LogP) is 9.26. The zero-order valence-corrected chi connectivity index (χ0v) is 21.7. The van der Waals surface area contributed by atoms with Crippen molar-refractivity contribution in [2.45, 2.75) is 110 Å². The summed E-state index contributed by atoms with van der Waals surface area (Å²) in [6, 6.07) is 1.87. The summed E-state index contributed by atoms with van der Waals surface area (Å²) >= 11 is 8.32. The third-order valence-electron chi connectivity index (χ3n) is 5.18. The predicted molar refractivity (Wildman–Crippen MR) is 132 cm³/mol. The fraction of sp³-hybridized carbons (Fsp3) is 0.783. The fourth-order valence-corrected chi connectivity index (χ4v) is 5.37. The van der Waals surface area contributed by atoms with Crippen LogP contribution >= 0.6 is 43.2 Å². The third-order valence-corrected chi connectivity index (χ3v) is 8.44. The molecule has 0 atom stereocenters. The average Bonchev–Trinajstić information content (AvgIpc) is 3.03. The van der Waals surface area contributed by atoms with E-state index in [0.717, 1.165) is 26.1 Å². The SMILES string of the molecule is CCCCCCCCCCCCCCCCCCNC(=O)c1cc(Br)c(Br)s1. The molecule has 1 heterocycles. The van der Waals surface area contributed by atoms with E-state index in [2.05, 4.69) is 44.1 Å². The summed E-state index contributed by atoms with van der Waals surface area (Å²) in [4.78, 5) is 12.8. The molecule has 0 aliphatic heterocycles. The fourth-order valence-electron chi connectivity index (χ4n) is 3.42. The van der Waals surface area contributed by atoms with Gasteiger partial charge in [0.05, 0.1) is 8.66 Å². The molecule has 2 nitrogen and oxygen atoms in total. The Morgan fingerprint density at radius 1 is 0.786 bits per heavy atom. The van der Waals surface area contributed by atoms with Gasteiger partial charge in [0.1, 0.15) is 0 Å². The van der Waals surface area contributed by atoms with Crippen LogP contribution in [0.5, 0.6) is 0 Å². The van der Waals surface area contributed by atoms with Crippen molar-refractivity contribution in [3.8, 4) is 0 Å². The third kappa shape index (κ3) is 13.4. The maximum Gasteiger partial charge on any atom is 0.261 e. The van der Waals surface area contributed by atoms with Crippen LogP contribution in [-0.2, 0) is 0 Å². The molecule has 1 aromatic heterocycles. The molecule has 1 N–H and O–H groups in total. The summed E-state index contributed by atoms with van der Waals surface area (Å²) in [6.45, 7) is 3.07. The number of hydrogen-bond acceptors (Lipinski definition) is 2. The van der Waals surface area contributed by atoms with E-state index in [-0.39, 0.29) is 5.91 Å². The lowest BCUT2D eigenvalue weighted by atomic mass is 10.0. The van der Waals surface area contributed by atoms with Crippen molar-refractivity contribution in [1.82, 2.24) is 5.32 Å². The van der Waals surface area contributed by atoms with Crippen molar-refractivity contribution in [2.75, 3.05) is 6.54 Å². The summed E-state index contributed by atoms with van der Waals surface area (Å²) in [5.74, 6) is 0.0392. The van der Waals surface area contributed by atoms with Crippen molar-refractivity contribution >= 4 is 49.1 Å². The summed E-state index contributed by atoms with van der Waals surface area (Å²) in [7, 11) is 0. The molecular formula is C23H39Br2NOS. The summed E-state index contributed by atoms with van der Waals surface area (Å²) in [5.41, 5.74) is 0. The highest BCUT2D eigenvalue weighted by atomic mass is 79.9. The van der Waals surface area contributed by atoms with Crippen LogP contribution < -0.4 is 5.32 Å². The Morgan fingerprint density at radius 3 is 1.61 bits per heavy atom. The minimum absolute atomic E-state index is 0.0392. The molecule has 28 heavy (non-hydrogen) atoms. The van der Waals surface area contributed by atoms with Crippen LogP contribution in [0.2, 0.25) is 0 Å². The van der Waals surface area contributed by atoms with Gasteiger partial charge < -0.3 is 5.32 Å². The lowest BCUT2D eigenvalue weighted by Crippen LogP contribution is -2.23. The van der Waals surface area contributed by atoms with Gasteiger partial charge in [-0.05, 0) is 44.3 Å². The molecule has 0 spiro atoms. The smallest absolute Gasteiger partial charge is 0.261 e. The molecule has 0 fully saturated rings. The highest BCUT2D eigenvalue weighted by Gasteiger charge is 2.11. The van der Waals surface area contributed by atoms with E-state index in [9.17, 15) is 4.79 Å². The van der Waals surface area contributed by atoms with Gasteiger partial charge in [-0.25, -0.2) is 0 Å². The standard InChI is InChI=1S/C23H39Br2NOS/c1-2-3-4-5-6-7-8-9-10-11-12-13-14-15-16-17-18-26-23(27)21-19-20(24)22(25)28-21/h19H,2-18H2,1H3,(H,26,27). The van der Waals surface area contributed by atoms with Gasteiger partial charge in [-0.1, -0.05) is 103 Å². The van der Waals surface area contributed by atoms with Crippen LogP contribution in [0.3, 0.4) is 0 Å². The Hall–Kier alpha value is 0.130. The first-order valence-electron chi connectivity index (χ1n) is 11.4. The van der Waals surface area contributed by atoms with E-state index in [0.29, 0.717) is 0 Å². The Bertz CT molecular complexity index is 499. The number of rotatable bonds is 18. The number of unbranched alkanes of at least 4 members (excludes halogenated alkanes) is 15. The Kier molecular flexibility index (Phi) is 16.8. The Balaban J connectivity index is 1.79. The molecule has 0 aliphatic carbocycles. The summed E-state index contributed by atoms with van der Waals surface area (Å²) in [5, 5.41) is 3.02. The van der Waals surface area contributed by atoms with Crippen LogP contribution in [0.15, 0.2) is 14.3 Å².